The monoisotopic (exact) mass is 327 g/mol. The highest BCUT2D eigenvalue weighted by Gasteiger charge is 2.30. The Morgan fingerprint density at radius 3 is 2.96 bits per heavy atom. The number of halogens is 1. The molecule has 4 nitrogen and oxygen atoms in total. The molecule has 0 saturated heterocycles. The van der Waals surface area contributed by atoms with Crippen molar-refractivity contribution in [3.63, 3.8) is 0 Å². The molecule has 116 valence electrons. The highest BCUT2D eigenvalue weighted by atomic mass is 32.1. The molecule has 0 bridgehead atoms. The average molecular weight is 327 g/mol. The lowest BCUT2D eigenvalue weighted by molar-refractivity contribution is -0.117. The fourth-order valence-electron chi connectivity index (χ4n) is 2.49. The summed E-state index contributed by atoms with van der Waals surface area (Å²) in [5, 5.41) is 3.48. The van der Waals surface area contributed by atoms with Crippen LogP contribution in [0, 0.1) is 18.7 Å². The SMILES string of the molecule is Cc1c(F)cncc1-c1ccc2nc(NC(=O)C3CC3)sc2c1. The predicted molar refractivity (Wildman–Crippen MR) is 88.9 cm³/mol. The van der Waals surface area contributed by atoms with E-state index in [4.69, 9.17) is 0 Å². The fourth-order valence-corrected chi connectivity index (χ4v) is 3.40. The van der Waals surface area contributed by atoms with Crippen LogP contribution in [0.5, 0.6) is 0 Å². The van der Waals surface area contributed by atoms with Crippen molar-refractivity contribution in [2.75, 3.05) is 5.32 Å². The van der Waals surface area contributed by atoms with Crippen molar-refractivity contribution < 1.29 is 9.18 Å². The first-order chi connectivity index (χ1) is 11.1. The zero-order valence-electron chi connectivity index (χ0n) is 12.5. The minimum Gasteiger partial charge on any atom is -0.302 e. The van der Waals surface area contributed by atoms with Gasteiger partial charge in [0.1, 0.15) is 5.82 Å². The standard InChI is InChI=1S/C17H14FN3OS/c1-9-12(7-19-8-13(9)18)11-4-5-14-15(6-11)23-17(20-14)21-16(22)10-2-3-10/h4-8,10H,2-3H2,1H3,(H,20,21,22). The van der Waals surface area contributed by atoms with Gasteiger partial charge in [-0.3, -0.25) is 9.78 Å². The summed E-state index contributed by atoms with van der Waals surface area (Å²) in [5.74, 6) is -0.114. The number of carbonyl (C=O) groups is 1. The fraction of sp³-hybridized carbons (Fsp3) is 0.235. The van der Waals surface area contributed by atoms with E-state index in [1.165, 1.54) is 17.5 Å². The Hall–Kier alpha value is -2.34. The molecule has 0 unspecified atom stereocenters. The Bertz CT molecular complexity index is 917. The van der Waals surface area contributed by atoms with E-state index >= 15 is 0 Å². The Labute approximate surface area is 136 Å². The molecule has 1 amide bonds. The van der Waals surface area contributed by atoms with Gasteiger partial charge in [0.05, 0.1) is 16.4 Å². The summed E-state index contributed by atoms with van der Waals surface area (Å²) in [4.78, 5) is 20.2. The van der Waals surface area contributed by atoms with Crippen LogP contribution in [0.25, 0.3) is 21.3 Å². The van der Waals surface area contributed by atoms with E-state index in [1.54, 1.807) is 13.1 Å². The maximum absolute atomic E-state index is 13.7. The minimum atomic E-state index is -0.315. The van der Waals surface area contributed by atoms with Gasteiger partial charge >= 0.3 is 0 Å². The van der Waals surface area contributed by atoms with E-state index in [9.17, 15) is 9.18 Å². The molecule has 4 rings (SSSR count). The van der Waals surface area contributed by atoms with Crippen molar-refractivity contribution in [2.45, 2.75) is 19.8 Å². The third-order valence-corrected chi connectivity index (χ3v) is 4.97. The number of fused-ring (bicyclic) bond motifs is 1. The van der Waals surface area contributed by atoms with Gasteiger partial charge in [0, 0.05) is 17.7 Å². The zero-order valence-corrected chi connectivity index (χ0v) is 13.3. The molecule has 2 aromatic heterocycles. The number of amides is 1. The van der Waals surface area contributed by atoms with E-state index in [2.05, 4.69) is 15.3 Å². The van der Waals surface area contributed by atoms with Crippen LogP contribution in [0.15, 0.2) is 30.6 Å². The molecule has 0 spiro atoms. The van der Waals surface area contributed by atoms with Crippen molar-refractivity contribution in [1.29, 1.82) is 0 Å². The number of nitrogens with one attached hydrogen (secondary N) is 1. The zero-order chi connectivity index (χ0) is 16.0. The summed E-state index contributed by atoms with van der Waals surface area (Å²) in [6.45, 7) is 1.74. The van der Waals surface area contributed by atoms with Crippen LogP contribution in [-0.2, 0) is 4.79 Å². The normalized spacial score (nSPS) is 14.2. The number of benzene rings is 1. The van der Waals surface area contributed by atoms with Crippen molar-refractivity contribution >= 4 is 32.6 Å². The topological polar surface area (TPSA) is 54.9 Å². The number of pyridine rings is 1. The molecule has 6 heteroatoms. The first-order valence-corrected chi connectivity index (χ1v) is 8.25. The Morgan fingerprint density at radius 2 is 2.17 bits per heavy atom. The predicted octanol–water partition coefficient (Wildman–Crippen LogP) is 4.15. The van der Waals surface area contributed by atoms with E-state index in [1.807, 2.05) is 18.2 Å². The molecule has 1 aromatic carbocycles. The molecular weight excluding hydrogens is 313 g/mol. The van der Waals surface area contributed by atoms with Crippen LogP contribution >= 0.6 is 11.3 Å². The smallest absolute Gasteiger partial charge is 0.229 e. The Balaban J connectivity index is 1.70. The highest BCUT2D eigenvalue weighted by molar-refractivity contribution is 7.22. The molecule has 1 aliphatic rings. The van der Waals surface area contributed by atoms with E-state index in [-0.39, 0.29) is 17.6 Å². The van der Waals surface area contributed by atoms with Crippen molar-refractivity contribution in [3.8, 4) is 11.1 Å². The summed E-state index contributed by atoms with van der Waals surface area (Å²) >= 11 is 1.43. The number of nitrogens with zero attached hydrogens (tertiary/aromatic N) is 2. The van der Waals surface area contributed by atoms with Crippen LogP contribution in [-0.4, -0.2) is 15.9 Å². The van der Waals surface area contributed by atoms with Crippen LogP contribution in [0.1, 0.15) is 18.4 Å². The van der Waals surface area contributed by atoms with Gasteiger partial charge in [0.25, 0.3) is 0 Å². The number of anilines is 1. The van der Waals surface area contributed by atoms with Gasteiger partial charge in [-0.15, -0.1) is 0 Å². The molecule has 1 aliphatic carbocycles. The molecule has 1 N–H and O–H groups in total. The van der Waals surface area contributed by atoms with Crippen LogP contribution in [0.3, 0.4) is 0 Å². The number of rotatable bonds is 3. The molecular formula is C17H14FN3OS. The van der Waals surface area contributed by atoms with Crippen LogP contribution in [0.2, 0.25) is 0 Å². The third kappa shape index (κ3) is 2.70. The summed E-state index contributed by atoms with van der Waals surface area (Å²) in [7, 11) is 0. The number of hydrogen-bond donors (Lipinski definition) is 1. The van der Waals surface area contributed by atoms with E-state index in [0.29, 0.717) is 10.7 Å². The van der Waals surface area contributed by atoms with Gasteiger partial charge in [-0.05, 0) is 43.0 Å². The molecule has 0 atom stereocenters. The maximum Gasteiger partial charge on any atom is 0.229 e. The summed E-state index contributed by atoms with van der Waals surface area (Å²) in [6, 6.07) is 5.75. The van der Waals surface area contributed by atoms with Gasteiger partial charge in [-0.1, -0.05) is 17.4 Å². The van der Waals surface area contributed by atoms with Gasteiger partial charge in [0.15, 0.2) is 5.13 Å². The highest BCUT2D eigenvalue weighted by Crippen LogP contribution is 2.34. The van der Waals surface area contributed by atoms with E-state index < -0.39 is 0 Å². The third-order valence-electron chi connectivity index (χ3n) is 4.03. The summed E-state index contributed by atoms with van der Waals surface area (Å²) in [5.41, 5.74) is 3.06. The van der Waals surface area contributed by atoms with Crippen LogP contribution < -0.4 is 5.32 Å². The lowest BCUT2D eigenvalue weighted by Gasteiger charge is -2.05. The van der Waals surface area contributed by atoms with E-state index in [0.717, 1.165) is 34.2 Å². The molecule has 2 heterocycles. The molecule has 1 saturated carbocycles. The largest absolute Gasteiger partial charge is 0.302 e. The van der Waals surface area contributed by atoms with Gasteiger partial charge in [-0.2, -0.15) is 0 Å². The first-order valence-electron chi connectivity index (χ1n) is 7.44. The Kier molecular flexibility index (Phi) is 3.34. The maximum atomic E-state index is 13.7. The number of hydrogen-bond acceptors (Lipinski definition) is 4. The summed E-state index contributed by atoms with van der Waals surface area (Å²) < 4.78 is 14.6. The van der Waals surface area contributed by atoms with Crippen molar-refractivity contribution in [3.05, 3.63) is 42.0 Å². The quantitative estimate of drug-likeness (QED) is 0.786. The molecule has 0 aliphatic heterocycles. The molecule has 0 radical (unpaired) electrons. The lowest BCUT2D eigenvalue weighted by Crippen LogP contribution is -2.12. The first kappa shape index (κ1) is 14.3. The molecule has 3 aromatic rings. The summed E-state index contributed by atoms with van der Waals surface area (Å²) in [6.07, 6.45) is 4.81. The molecule has 1 fully saturated rings. The van der Waals surface area contributed by atoms with Gasteiger partial charge in [0.2, 0.25) is 5.91 Å². The number of carbonyl (C=O) groups excluding carboxylic acids is 1. The van der Waals surface area contributed by atoms with Crippen molar-refractivity contribution in [1.82, 2.24) is 9.97 Å². The Morgan fingerprint density at radius 1 is 1.35 bits per heavy atom. The second-order valence-electron chi connectivity index (χ2n) is 5.76. The van der Waals surface area contributed by atoms with Gasteiger partial charge < -0.3 is 5.32 Å². The average Bonchev–Trinajstić information content (AvgIpc) is 3.31. The van der Waals surface area contributed by atoms with Crippen molar-refractivity contribution in [2.24, 2.45) is 5.92 Å². The second-order valence-corrected chi connectivity index (χ2v) is 6.79. The lowest BCUT2D eigenvalue weighted by atomic mass is 10.0. The number of thiazole rings is 1. The van der Waals surface area contributed by atoms with Crippen LogP contribution in [0.4, 0.5) is 9.52 Å². The van der Waals surface area contributed by atoms with Gasteiger partial charge in [-0.25, -0.2) is 9.37 Å². The minimum absolute atomic E-state index is 0.0504. The number of aromatic nitrogens is 2. The molecule has 23 heavy (non-hydrogen) atoms. The second kappa shape index (κ2) is 5.38.